The highest BCUT2D eigenvalue weighted by atomic mass is 19.1. The van der Waals surface area contributed by atoms with Crippen molar-refractivity contribution in [3.8, 4) is 11.8 Å². The van der Waals surface area contributed by atoms with Crippen LogP contribution in [0, 0.1) is 17.7 Å². The maximum Gasteiger partial charge on any atom is 0.227 e. The third-order valence-corrected chi connectivity index (χ3v) is 2.90. The molecule has 3 nitrogen and oxygen atoms in total. The van der Waals surface area contributed by atoms with Crippen LogP contribution < -0.4 is 10.6 Å². The molecule has 0 unspecified atom stereocenters. The molecular weight excluding hydrogens is 231 g/mol. The van der Waals surface area contributed by atoms with Crippen molar-refractivity contribution >= 4 is 11.6 Å². The maximum absolute atomic E-state index is 13.9. The monoisotopic (exact) mass is 246 g/mol. The van der Waals surface area contributed by atoms with Crippen LogP contribution in [0.25, 0.3) is 0 Å². The first kappa shape index (κ1) is 12.6. The lowest BCUT2D eigenvalue weighted by Gasteiger charge is -2.27. The minimum Gasteiger partial charge on any atom is -0.320 e. The highest BCUT2D eigenvalue weighted by Gasteiger charge is 2.22. The van der Waals surface area contributed by atoms with E-state index in [2.05, 4.69) is 11.8 Å². The molecule has 94 valence electrons. The predicted octanol–water partition coefficient (Wildman–Crippen LogP) is 1.65. The van der Waals surface area contributed by atoms with Gasteiger partial charge in [0.2, 0.25) is 5.91 Å². The largest absolute Gasteiger partial charge is 0.320 e. The van der Waals surface area contributed by atoms with E-state index in [1.165, 1.54) is 11.0 Å². The molecule has 1 aromatic rings. The van der Waals surface area contributed by atoms with E-state index < -0.39 is 5.82 Å². The molecule has 0 atom stereocenters. The van der Waals surface area contributed by atoms with Gasteiger partial charge >= 0.3 is 0 Å². The molecule has 2 N–H and O–H groups in total. The van der Waals surface area contributed by atoms with Crippen molar-refractivity contribution in [2.24, 2.45) is 5.73 Å². The summed E-state index contributed by atoms with van der Waals surface area (Å²) in [5, 5.41) is 0. The van der Waals surface area contributed by atoms with Gasteiger partial charge in [-0.2, -0.15) is 0 Å². The SMILES string of the molecule is NCC#Cc1ccc(N2CCCCC2=O)c(F)c1. The van der Waals surface area contributed by atoms with Crippen LogP contribution in [-0.4, -0.2) is 19.0 Å². The highest BCUT2D eigenvalue weighted by molar-refractivity contribution is 5.94. The van der Waals surface area contributed by atoms with E-state index in [9.17, 15) is 9.18 Å². The molecule has 0 spiro atoms. The average Bonchev–Trinajstić information content (AvgIpc) is 2.38. The Balaban J connectivity index is 2.26. The number of benzene rings is 1. The van der Waals surface area contributed by atoms with E-state index in [1.54, 1.807) is 12.1 Å². The molecule has 1 heterocycles. The molecule has 1 aromatic carbocycles. The Labute approximate surface area is 106 Å². The standard InChI is InChI=1S/C14H15FN2O/c15-12-10-11(4-3-8-16)6-7-13(12)17-9-2-1-5-14(17)18/h6-7,10H,1-2,5,8-9,16H2. The Bertz CT molecular complexity index is 516. The number of carbonyl (C=O) groups excluding carboxylic acids is 1. The third kappa shape index (κ3) is 2.69. The van der Waals surface area contributed by atoms with Crippen LogP contribution in [0.1, 0.15) is 24.8 Å². The van der Waals surface area contributed by atoms with Crippen LogP contribution in [0.3, 0.4) is 0 Å². The van der Waals surface area contributed by atoms with Gasteiger partial charge in [0.15, 0.2) is 0 Å². The van der Waals surface area contributed by atoms with E-state index in [4.69, 9.17) is 5.73 Å². The first-order chi connectivity index (χ1) is 8.72. The number of hydrogen-bond acceptors (Lipinski definition) is 2. The fourth-order valence-electron chi connectivity index (χ4n) is 2.02. The van der Waals surface area contributed by atoms with Gasteiger partial charge in [0, 0.05) is 18.5 Å². The van der Waals surface area contributed by atoms with Crippen molar-refractivity contribution in [1.82, 2.24) is 0 Å². The lowest BCUT2D eigenvalue weighted by atomic mass is 10.1. The van der Waals surface area contributed by atoms with Crippen LogP contribution in [0.15, 0.2) is 18.2 Å². The Kier molecular flexibility index (Phi) is 3.96. The number of halogens is 1. The zero-order valence-electron chi connectivity index (χ0n) is 10.1. The summed E-state index contributed by atoms with van der Waals surface area (Å²) in [5.41, 5.74) is 6.18. The quantitative estimate of drug-likeness (QED) is 0.766. The average molecular weight is 246 g/mol. The number of carbonyl (C=O) groups is 1. The molecule has 18 heavy (non-hydrogen) atoms. The van der Waals surface area contributed by atoms with Crippen LogP contribution in [-0.2, 0) is 4.79 Å². The zero-order valence-corrected chi connectivity index (χ0v) is 10.1. The minimum atomic E-state index is -0.408. The number of nitrogens with two attached hydrogens (primary N) is 1. The summed E-state index contributed by atoms with van der Waals surface area (Å²) in [4.78, 5) is 13.2. The Hall–Kier alpha value is -1.86. The van der Waals surface area contributed by atoms with Crippen LogP contribution in [0.4, 0.5) is 10.1 Å². The van der Waals surface area contributed by atoms with Gasteiger partial charge in [0.25, 0.3) is 0 Å². The van der Waals surface area contributed by atoms with Crippen LogP contribution >= 0.6 is 0 Å². The van der Waals surface area contributed by atoms with Gasteiger partial charge in [-0.3, -0.25) is 4.79 Å². The van der Waals surface area contributed by atoms with Crippen molar-refractivity contribution in [2.75, 3.05) is 18.0 Å². The number of amides is 1. The number of hydrogen-bond donors (Lipinski definition) is 1. The van der Waals surface area contributed by atoms with Crippen molar-refractivity contribution in [3.05, 3.63) is 29.6 Å². The molecule has 1 amide bonds. The second-order valence-electron chi connectivity index (χ2n) is 4.17. The van der Waals surface area contributed by atoms with E-state index in [0.29, 0.717) is 24.2 Å². The molecule has 1 saturated heterocycles. The Morgan fingerprint density at radius 2 is 2.22 bits per heavy atom. The number of anilines is 1. The normalized spacial score (nSPS) is 15.2. The Morgan fingerprint density at radius 1 is 1.39 bits per heavy atom. The second kappa shape index (κ2) is 5.65. The van der Waals surface area contributed by atoms with Gasteiger partial charge in [-0.15, -0.1) is 0 Å². The lowest BCUT2D eigenvalue weighted by Crippen LogP contribution is -2.35. The first-order valence-electron chi connectivity index (χ1n) is 6.01. The van der Waals surface area contributed by atoms with Crippen molar-refractivity contribution in [2.45, 2.75) is 19.3 Å². The topological polar surface area (TPSA) is 46.3 Å². The molecule has 4 heteroatoms. The van der Waals surface area contributed by atoms with E-state index in [-0.39, 0.29) is 12.5 Å². The smallest absolute Gasteiger partial charge is 0.227 e. The Morgan fingerprint density at radius 3 is 2.89 bits per heavy atom. The molecule has 1 aliphatic rings. The summed E-state index contributed by atoms with van der Waals surface area (Å²) in [6.45, 7) is 0.831. The van der Waals surface area contributed by atoms with Gasteiger partial charge in [-0.05, 0) is 31.0 Å². The molecule has 1 aliphatic heterocycles. The van der Waals surface area contributed by atoms with E-state index in [0.717, 1.165) is 12.8 Å². The fraction of sp³-hybridized carbons (Fsp3) is 0.357. The summed E-state index contributed by atoms with van der Waals surface area (Å²) >= 11 is 0. The van der Waals surface area contributed by atoms with Crippen molar-refractivity contribution in [1.29, 1.82) is 0 Å². The number of rotatable bonds is 1. The second-order valence-corrected chi connectivity index (χ2v) is 4.17. The zero-order chi connectivity index (χ0) is 13.0. The third-order valence-electron chi connectivity index (χ3n) is 2.90. The summed E-state index contributed by atoms with van der Waals surface area (Å²) in [6.07, 6.45) is 2.30. The van der Waals surface area contributed by atoms with Gasteiger partial charge in [0.05, 0.1) is 12.2 Å². The molecule has 1 fully saturated rings. The van der Waals surface area contributed by atoms with E-state index in [1.807, 2.05) is 0 Å². The van der Waals surface area contributed by atoms with Crippen molar-refractivity contribution in [3.63, 3.8) is 0 Å². The molecule has 0 saturated carbocycles. The molecule has 2 rings (SSSR count). The predicted molar refractivity (Wildman–Crippen MR) is 68.5 cm³/mol. The highest BCUT2D eigenvalue weighted by Crippen LogP contribution is 2.24. The maximum atomic E-state index is 13.9. The fourth-order valence-corrected chi connectivity index (χ4v) is 2.02. The van der Waals surface area contributed by atoms with E-state index >= 15 is 0 Å². The number of piperidine rings is 1. The van der Waals surface area contributed by atoms with Crippen LogP contribution in [0.2, 0.25) is 0 Å². The summed E-state index contributed by atoms with van der Waals surface area (Å²) < 4.78 is 13.9. The molecular formula is C14H15FN2O. The number of nitrogens with zero attached hydrogens (tertiary/aromatic N) is 1. The summed E-state index contributed by atoms with van der Waals surface area (Å²) in [7, 11) is 0. The lowest BCUT2D eigenvalue weighted by molar-refractivity contribution is -0.119. The molecule has 0 bridgehead atoms. The summed E-state index contributed by atoms with van der Waals surface area (Å²) in [5.74, 6) is 5.02. The van der Waals surface area contributed by atoms with Gasteiger partial charge in [0.1, 0.15) is 5.82 Å². The first-order valence-corrected chi connectivity index (χ1v) is 6.01. The van der Waals surface area contributed by atoms with Crippen LogP contribution in [0.5, 0.6) is 0 Å². The van der Waals surface area contributed by atoms with Crippen molar-refractivity contribution < 1.29 is 9.18 Å². The summed E-state index contributed by atoms with van der Waals surface area (Å²) in [6, 6.07) is 4.67. The molecule has 0 aromatic heterocycles. The van der Waals surface area contributed by atoms with Gasteiger partial charge < -0.3 is 10.6 Å². The molecule has 0 radical (unpaired) electrons. The molecule has 0 aliphatic carbocycles. The van der Waals surface area contributed by atoms with Gasteiger partial charge in [-0.1, -0.05) is 11.8 Å². The minimum absolute atomic E-state index is 0.0130. The van der Waals surface area contributed by atoms with Gasteiger partial charge in [-0.25, -0.2) is 4.39 Å².